The van der Waals surface area contributed by atoms with Gasteiger partial charge in [-0.3, -0.25) is 0 Å². The highest BCUT2D eigenvalue weighted by molar-refractivity contribution is 7.90. The zero-order chi connectivity index (χ0) is 27.2. The third kappa shape index (κ3) is 8.71. The van der Waals surface area contributed by atoms with Crippen LogP contribution in [0.3, 0.4) is 0 Å². The van der Waals surface area contributed by atoms with E-state index in [9.17, 15) is 13.2 Å². The van der Waals surface area contributed by atoms with Crippen molar-refractivity contribution in [3.05, 3.63) is 29.7 Å². The molecule has 204 valence electrons. The minimum atomic E-state index is -3.06. The quantitative estimate of drug-likeness (QED) is 0.412. The summed E-state index contributed by atoms with van der Waals surface area (Å²) in [6, 6.07) is 3.54. The Balaban J connectivity index is 1.59. The first-order valence-electron chi connectivity index (χ1n) is 12.1. The van der Waals surface area contributed by atoms with Gasteiger partial charge in [0.25, 0.3) is 0 Å². The van der Waals surface area contributed by atoms with Crippen LogP contribution >= 0.6 is 0 Å². The standard InChI is InChI=1S/C24H35N5O7S/c1-16(2)33-24(30)36-29-11-9-19(10-12-29)34-22-17(3)23(26-15-25-22)35-20-7-8-21(27-18(20)4)28(5)13-14-37(6,31)32/h7-8,15-16,19H,9-14H2,1-6H3. The van der Waals surface area contributed by atoms with Crippen LogP contribution in [0.25, 0.3) is 0 Å². The molecule has 3 rings (SSSR count). The molecular weight excluding hydrogens is 502 g/mol. The molecule has 0 atom stereocenters. The van der Waals surface area contributed by atoms with Crippen LogP contribution in [0, 0.1) is 13.8 Å². The predicted octanol–water partition coefficient (Wildman–Crippen LogP) is 3.08. The highest BCUT2D eigenvalue weighted by atomic mass is 32.2. The number of carbonyl (C=O) groups is 1. The van der Waals surface area contributed by atoms with E-state index in [1.54, 1.807) is 43.0 Å². The van der Waals surface area contributed by atoms with E-state index in [4.69, 9.17) is 19.0 Å². The first-order chi connectivity index (χ1) is 17.4. The van der Waals surface area contributed by atoms with E-state index in [0.717, 1.165) is 0 Å². The number of pyridine rings is 1. The Morgan fingerprint density at radius 1 is 1.16 bits per heavy atom. The molecule has 3 heterocycles. The Bertz CT molecular complexity index is 1180. The fourth-order valence-corrected chi connectivity index (χ4v) is 4.14. The maximum atomic E-state index is 11.7. The number of hydroxylamine groups is 2. The fourth-order valence-electron chi connectivity index (χ4n) is 3.54. The summed E-state index contributed by atoms with van der Waals surface area (Å²) in [5.74, 6) is 1.98. The number of ether oxygens (including phenoxy) is 3. The molecule has 0 aliphatic carbocycles. The molecule has 0 bridgehead atoms. The van der Waals surface area contributed by atoms with E-state index in [0.29, 0.717) is 67.1 Å². The lowest BCUT2D eigenvalue weighted by Crippen LogP contribution is -2.40. The summed E-state index contributed by atoms with van der Waals surface area (Å²) in [6.45, 7) is 8.52. The Hall–Kier alpha value is -3.19. The Morgan fingerprint density at radius 2 is 1.84 bits per heavy atom. The van der Waals surface area contributed by atoms with Crippen molar-refractivity contribution in [1.29, 1.82) is 0 Å². The van der Waals surface area contributed by atoms with Gasteiger partial charge < -0.3 is 23.9 Å². The molecule has 2 aromatic heterocycles. The maximum Gasteiger partial charge on any atom is 0.528 e. The van der Waals surface area contributed by atoms with Crippen molar-refractivity contribution >= 4 is 21.8 Å². The lowest BCUT2D eigenvalue weighted by molar-refractivity contribution is -0.151. The van der Waals surface area contributed by atoms with Gasteiger partial charge in [-0.1, -0.05) is 0 Å². The number of nitrogens with zero attached hydrogens (tertiary/aromatic N) is 5. The molecule has 0 aromatic carbocycles. The molecule has 0 N–H and O–H groups in total. The monoisotopic (exact) mass is 537 g/mol. The second-order valence-electron chi connectivity index (χ2n) is 9.27. The molecule has 12 nitrogen and oxygen atoms in total. The molecule has 0 unspecified atom stereocenters. The molecule has 0 saturated carbocycles. The van der Waals surface area contributed by atoms with Gasteiger partial charge in [-0.15, -0.1) is 5.06 Å². The largest absolute Gasteiger partial charge is 0.528 e. The van der Waals surface area contributed by atoms with Gasteiger partial charge in [0.2, 0.25) is 11.8 Å². The highest BCUT2D eigenvalue weighted by Gasteiger charge is 2.25. The molecular formula is C24H35N5O7S. The number of piperidine rings is 1. The Kier molecular flexibility index (Phi) is 9.49. The summed E-state index contributed by atoms with van der Waals surface area (Å²) >= 11 is 0. The normalized spacial score (nSPS) is 14.9. The summed E-state index contributed by atoms with van der Waals surface area (Å²) in [4.78, 5) is 31.7. The maximum absolute atomic E-state index is 11.7. The van der Waals surface area contributed by atoms with E-state index in [1.165, 1.54) is 12.6 Å². The van der Waals surface area contributed by atoms with Crippen molar-refractivity contribution in [3.63, 3.8) is 0 Å². The van der Waals surface area contributed by atoms with Gasteiger partial charge in [-0.05, 0) is 39.8 Å². The minimum Gasteiger partial charge on any atom is -0.474 e. The van der Waals surface area contributed by atoms with Crippen molar-refractivity contribution in [2.45, 2.75) is 52.7 Å². The SMILES string of the molecule is Cc1nc(N(C)CCS(C)(=O)=O)ccc1Oc1ncnc(OC2CCN(OC(=O)OC(C)C)CC2)c1C. The molecule has 2 aromatic rings. The van der Waals surface area contributed by atoms with Crippen molar-refractivity contribution in [1.82, 2.24) is 20.0 Å². The van der Waals surface area contributed by atoms with Crippen molar-refractivity contribution < 1.29 is 32.3 Å². The Labute approximate surface area is 217 Å². The third-order valence-electron chi connectivity index (χ3n) is 5.62. The highest BCUT2D eigenvalue weighted by Crippen LogP contribution is 2.31. The first-order valence-corrected chi connectivity index (χ1v) is 14.1. The first kappa shape index (κ1) is 28.4. The van der Waals surface area contributed by atoms with Gasteiger partial charge in [-0.25, -0.2) is 28.2 Å². The summed E-state index contributed by atoms with van der Waals surface area (Å²) in [5, 5.41) is 1.57. The van der Waals surface area contributed by atoms with E-state index in [1.807, 2.05) is 13.8 Å². The summed E-state index contributed by atoms with van der Waals surface area (Å²) < 4.78 is 40.0. The molecule has 0 radical (unpaired) electrons. The van der Waals surface area contributed by atoms with E-state index in [2.05, 4.69) is 15.0 Å². The number of hydrogen-bond acceptors (Lipinski definition) is 12. The molecule has 1 saturated heterocycles. The lowest BCUT2D eigenvalue weighted by Gasteiger charge is -2.30. The average molecular weight is 538 g/mol. The molecule has 1 aliphatic heterocycles. The number of aromatic nitrogens is 3. The van der Waals surface area contributed by atoms with Gasteiger partial charge in [-0.2, -0.15) is 0 Å². The minimum absolute atomic E-state index is 0.0438. The molecule has 1 aliphatic rings. The van der Waals surface area contributed by atoms with Crippen LogP contribution in [0.4, 0.5) is 10.6 Å². The lowest BCUT2D eigenvalue weighted by atomic mass is 10.1. The number of aryl methyl sites for hydroxylation is 1. The molecule has 37 heavy (non-hydrogen) atoms. The van der Waals surface area contributed by atoms with Crippen molar-refractivity contribution in [2.24, 2.45) is 0 Å². The summed E-state index contributed by atoms with van der Waals surface area (Å²) in [7, 11) is -1.27. The third-order valence-corrected chi connectivity index (χ3v) is 6.55. The van der Waals surface area contributed by atoms with Gasteiger partial charge in [0.05, 0.1) is 23.1 Å². The van der Waals surface area contributed by atoms with Crippen LogP contribution in [0.2, 0.25) is 0 Å². The van der Waals surface area contributed by atoms with E-state index < -0.39 is 16.0 Å². The predicted molar refractivity (Wildman–Crippen MR) is 137 cm³/mol. The zero-order valence-corrected chi connectivity index (χ0v) is 22.9. The van der Waals surface area contributed by atoms with Crippen LogP contribution in [-0.2, 0) is 19.4 Å². The second-order valence-corrected chi connectivity index (χ2v) is 11.5. The zero-order valence-electron chi connectivity index (χ0n) is 22.1. The van der Waals surface area contributed by atoms with Crippen LogP contribution in [0.15, 0.2) is 18.5 Å². The smallest absolute Gasteiger partial charge is 0.474 e. The van der Waals surface area contributed by atoms with Crippen LogP contribution < -0.4 is 14.4 Å². The van der Waals surface area contributed by atoms with Gasteiger partial charge in [0.15, 0.2) is 5.75 Å². The van der Waals surface area contributed by atoms with Crippen LogP contribution in [0.1, 0.15) is 37.9 Å². The van der Waals surface area contributed by atoms with E-state index in [-0.39, 0.29) is 18.0 Å². The summed E-state index contributed by atoms with van der Waals surface area (Å²) in [5.41, 5.74) is 1.28. The van der Waals surface area contributed by atoms with Gasteiger partial charge in [0, 0.05) is 45.8 Å². The van der Waals surface area contributed by atoms with E-state index >= 15 is 0 Å². The Morgan fingerprint density at radius 3 is 2.46 bits per heavy atom. The molecule has 13 heteroatoms. The van der Waals surface area contributed by atoms with Crippen LogP contribution in [0.5, 0.6) is 17.5 Å². The van der Waals surface area contributed by atoms with Crippen LogP contribution in [-0.4, -0.2) is 85.5 Å². The van der Waals surface area contributed by atoms with Crippen molar-refractivity contribution in [2.75, 3.05) is 43.6 Å². The number of carbonyl (C=O) groups excluding carboxylic acids is 1. The molecule has 0 spiro atoms. The van der Waals surface area contributed by atoms with Gasteiger partial charge >= 0.3 is 6.16 Å². The molecule has 1 fully saturated rings. The average Bonchev–Trinajstić information content (AvgIpc) is 2.81. The summed E-state index contributed by atoms with van der Waals surface area (Å²) in [6.07, 6.45) is 2.83. The number of anilines is 1. The van der Waals surface area contributed by atoms with Gasteiger partial charge in [0.1, 0.15) is 28.1 Å². The second kappa shape index (κ2) is 12.4. The number of hydrogen-bond donors (Lipinski definition) is 0. The fraction of sp³-hybridized carbons (Fsp3) is 0.583. The number of sulfone groups is 1. The topological polar surface area (TPSA) is 133 Å². The molecule has 0 amide bonds. The van der Waals surface area contributed by atoms with Crippen molar-refractivity contribution in [3.8, 4) is 17.5 Å². The number of rotatable bonds is 10.